The van der Waals surface area contributed by atoms with Crippen LogP contribution in [0.3, 0.4) is 0 Å². The molecule has 0 spiro atoms. The number of hydrogen-bond donors (Lipinski definition) is 2. The first kappa shape index (κ1) is 25.3. The van der Waals surface area contributed by atoms with Gasteiger partial charge in [0, 0.05) is 11.5 Å². The molecule has 4 rings (SSSR count). The van der Waals surface area contributed by atoms with E-state index < -0.39 is 22.7 Å². The monoisotopic (exact) mass is 510 g/mol. The second-order valence-corrected chi connectivity index (χ2v) is 9.38. The van der Waals surface area contributed by atoms with Crippen molar-refractivity contribution in [3.05, 3.63) is 101 Å². The maximum absolute atomic E-state index is 12.9. The maximum Gasteiger partial charge on any atom is 0.578 e. The van der Waals surface area contributed by atoms with Crippen LogP contribution in [0.5, 0.6) is 0 Å². The summed E-state index contributed by atoms with van der Waals surface area (Å²) in [5.74, 6) is -1.05. The third kappa shape index (κ3) is 5.53. The van der Waals surface area contributed by atoms with E-state index in [4.69, 9.17) is 5.11 Å². The predicted octanol–water partition coefficient (Wildman–Crippen LogP) is 6.66. The molecule has 0 bridgehead atoms. The Morgan fingerprint density at radius 3 is 2.28 bits per heavy atom. The third-order valence-electron chi connectivity index (χ3n) is 5.63. The van der Waals surface area contributed by atoms with Crippen molar-refractivity contribution < 1.29 is 27.6 Å². The first-order valence-corrected chi connectivity index (χ1v) is 12.1. The summed E-state index contributed by atoms with van der Waals surface area (Å²) in [6.45, 7) is 1.96. The van der Waals surface area contributed by atoms with Gasteiger partial charge in [-0.25, -0.2) is 4.79 Å². The fourth-order valence-electron chi connectivity index (χ4n) is 3.98. The van der Waals surface area contributed by atoms with Crippen LogP contribution >= 0.6 is 0 Å². The van der Waals surface area contributed by atoms with Crippen molar-refractivity contribution in [1.82, 2.24) is 10.2 Å². The number of aromatic amines is 1. The predicted molar refractivity (Wildman–Crippen MR) is 134 cm³/mol. The molecule has 3 aromatic carbocycles. The molecule has 1 aromatic heterocycles. The molecule has 0 aliphatic heterocycles. The fourth-order valence-corrected chi connectivity index (χ4v) is 4.63. The number of fused-ring (bicyclic) bond motifs is 1. The number of alkyl halides is 3. The van der Waals surface area contributed by atoms with E-state index >= 15 is 0 Å². The van der Waals surface area contributed by atoms with Crippen LogP contribution in [0.15, 0.2) is 83.9 Å². The zero-order valence-electron chi connectivity index (χ0n) is 19.0. The molecule has 0 fully saturated rings. The molecule has 184 valence electrons. The first-order valence-electron chi connectivity index (χ1n) is 10.9. The molecule has 2 N–H and O–H groups in total. The number of carbonyl (C=O) groups is 1. The summed E-state index contributed by atoms with van der Waals surface area (Å²) in [6, 6.07) is 18.8. The van der Waals surface area contributed by atoms with Crippen molar-refractivity contribution in [2.75, 3.05) is 0 Å². The van der Waals surface area contributed by atoms with Crippen molar-refractivity contribution >= 4 is 45.3 Å². The highest BCUT2D eigenvalue weighted by molar-refractivity contribution is 7.92. The summed E-state index contributed by atoms with van der Waals surface area (Å²) in [5.41, 5.74) is 0.954. The van der Waals surface area contributed by atoms with Crippen molar-refractivity contribution in [2.45, 2.75) is 23.7 Å². The van der Waals surface area contributed by atoms with Crippen LogP contribution in [0.4, 0.5) is 13.2 Å². The van der Waals surface area contributed by atoms with Crippen molar-refractivity contribution in [3.63, 3.8) is 0 Å². The molecule has 0 aliphatic carbocycles. The van der Waals surface area contributed by atoms with Gasteiger partial charge < -0.3 is 9.66 Å². The minimum Gasteiger partial charge on any atom is -0.604 e. The van der Waals surface area contributed by atoms with E-state index in [0.29, 0.717) is 17.5 Å². The average Bonchev–Trinajstić information content (AvgIpc) is 3.33. The molecular formula is C27H21F3N2O3S. The Hall–Kier alpha value is -3.82. The van der Waals surface area contributed by atoms with Gasteiger partial charge in [-0.2, -0.15) is 5.10 Å². The van der Waals surface area contributed by atoms with E-state index in [1.165, 1.54) is 18.2 Å². The van der Waals surface area contributed by atoms with Gasteiger partial charge in [0.1, 0.15) is 0 Å². The number of nitrogens with one attached hydrogen (secondary N) is 1. The molecule has 1 heterocycles. The summed E-state index contributed by atoms with van der Waals surface area (Å²) < 4.78 is 50.5. The third-order valence-corrected chi connectivity index (χ3v) is 6.75. The number of carboxylic acid groups (broad SMARTS) is 1. The molecule has 1 atom stereocenters. The number of rotatable bonds is 7. The first-order chi connectivity index (χ1) is 17.2. The Balaban J connectivity index is 1.85. The van der Waals surface area contributed by atoms with Gasteiger partial charge in [0.25, 0.3) is 0 Å². The van der Waals surface area contributed by atoms with Gasteiger partial charge in [-0.05, 0) is 82.3 Å². The average molecular weight is 511 g/mol. The van der Waals surface area contributed by atoms with E-state index in [0.717, 1.165) is 39.3 Å². The summed E-state index contributed by atoms with van der Waals surface area (Å²) in [4.78, 5) is 10.5. The number of halogens is 3. The highest BCUT2D eigenvalue weighted by Gasteiger charge is 2.46. The van der Waals surface area contributed by atoms with Gasteiger partial charge in [-0.1, -0.05) is 37.3 Å². The lowest BCUT2D eigenvalue weighted by Gasteiger charge is -2.17. The zero-order valence-corrected chi connectivity index (χ0v) is 19.9. The van der Waals surface area contributed by atoms with E-state index in [-0.39, 0.29) is 4.90 Å². The topological polar surface area (TPSA) is 89.0 Å². The molecule has 9 heteroatoms. The molecule has 0 aliphatic rings. The second-order valence-electron chi connectivity index (χ2n) is 7.91. The quantitative estimate of drug-likeness (QED) is 0.165. The van der Waals surface area contributed by atoms with Crippen LogP contribution in [-0.2, 0) is 16.0 Å². The molecule has 0 radical (unpaired) electrons. The molecule has 5 nitrogen and oxygen atoms in total. The minimum absolute atomic E-state index is 0.308. The molecule has 0 amide bonds. The fraction of sp³-hybridized carbons (Fsp3) is 0.111. The molecule has 0 saturated heterocycles. The van der Waals surface area contributed by atoms with Gasteiger partial charge in [0.05, 0.1) is 22.9 Å². The molecular weight excluding hydrogens is 489 g/mol. The summed E-state index contributed by atoms with van der Waals surface area (Å²) in [6.07, 6.45) is 4.83. The normalized spacial score (nSPS) is 13.7. The lowest BCUT2D eigenvalue weighted by Crippen LogP contribution is -2.23. The minimum atomic E-state index is -4.83. The highest BCUT2D eigenvalue weighted by Crippen LogP contribution is 2.37. The maximum atomic E-state index is 12.9. The number of allylic oxidation sites excluding steroid dienone is 1. The van der Waals surface area contributed by atoms with Crippen LogP contribution in [0.1, 0.15) is 35.6 Å². The van der Waals surface area contributed by atoms with E-state index in [2.05, 4.69) is 10.2 Å². The number of H-pyrrole nitrogens is 1. The number of carboxylic acids is 1. The van der Waals surface area contributed by atoms with E-state index in [9.17, 15) is 22.5 Å². The Bertz CT molecular complexity index is 1440. The Kier molecular flexibility index (Phi) is 7.32. The van der Waals surface area contributed by atoms with Crippen LogP contribution in [-0.4, -0.2) is 31.3 Å². The molecule has 4 aromatic rings. The summed E-state index contributed by atoms with van der Waals surface area (Å²) in [7, 11) is 0. The number of nitrogens with zero attached hydrogens (tertiary/aromatic N) is 1. The summed E-state index contributed by atoms with van der Waals surface area (Å²) >= 11 is -3.10. The van der Waals surface area contributed by atoms with Gasteiger partial charge >= 0.3 is 11.5 Å². The zero-order chi connectivity index (χ0) is 25.9. The van der Waals surface area contributed by atoms with E-state index in [1.54, 1.807) is 30.5 Å². The van der Waals surface area contributed by atoms with Gasteiger partial charge in [0.2, 0.25) is 0 Å². The Morgan fingerprint density at radius 2 is 1.67 bits per heavy atom. The van der Waals surface area contributed by atoms with Crippen molar-refractivity contribution in [2.24, 2.45) is 0 Å². The van der Waals surface area contributed by atoms with E-state index in [1.807, 2.05) is 37.3 Å². The van der Waals surface area contributed by atoms with Crippen LogP contribution in [0.25, 0.3) is 28.1 Å². The van der Waals surface area contributed by atoms with Crippen molar-refractivity contribution in [3.8, 4) is 0 Å². The van der Waals surface area contributed by atoms with Crippen LogP contribution < -0.4 is 0 Å². The molecule has 36 heavy (non-hydrogen) atoms. The van der Waals surface area contributed by atoms with Gasteiger partial charge in [-0.15, -0.1) is 13.2 Å². The number of hydrogen-bond acceptors (Lipinski definition) is 3. The van der Waals surface area contributed by atoms with Crippen LogP contribution in [0.2, 0.25) is 0 Å². The lowest BCUT2D eigenvalue weighted by atomic mass is 9.87. The summed E-state index contributed by atoms with van der Waals surface area (Å²) in [5, 5.41) is 16.8. The molecule has 1 unspecified atom stereocenters. The van der Waals surface area contributed by atoms with Crippen LogP contribution in [0, 0.1) is 0 Å². The molecule has 0 saturated carbocycles. The SMILES string of the molecule is CCC(=C(c1ccc(C=CC(=O)O)cc1)c1ccc2[nH]ncc2c1)c1ccc([S+]([O-])C(F)(F)F)cc1. The van der Waals surface area contributed by atoms with Gasteiger partial charge in [-0.3, -0.25) is 5.10 Å². The largest absolute Gasteiger partial charge is 0.604 e. The van der Waals surface area contributed by atoms with Gasteiger partial charge in [0.15, 0.2) is 4.90 Å². The standard InChI is InChI=1S/C27H21F3N2O3S/c1-2-23(18-8-11-22(12-9-18)36(35)27(28,29)30)26(20-10-13-24-21(15-20)16-31-32-24)19-6-3-17(4-7-19)5-14-25(33)34/h3-16H,2H2,1H3,(H,31,32)(H,33,34). The number of benzene rings is 3. The number of aromatic nitrogens is 2. The van der Waals surface area contributed by atoms with Crippen molar-refractivity contribution in [1.29, 1.82) is 0 Å². The lowest BCUT2D eigenvalue weighted by molar-refractivity contribution is -0.131. The second kappa shape index (κ2) is 10.4. The Labute approximate surface area is 208 Å². The number of aliphatic carboxylic acids is 1. The smallest absolute Gasteiger partial charge is 0.578 e. The Morgan fingerprint density at radius 1 is 1.03 bits per heavy atom. The highest BCUT2D eigenvalue weighted by atomic mass is 32.2.